The molecule has 3 aromatic rings. The summed E-state index contributed by atoms with van der Waals surface area (Å²) in [6.45, 7) is 1.31. The van der Waals surface area contributed by atoms with E-state index in [-0.39, 0.29) is 23.8 Å². The monoisotopic (exact) mass is 441 g/mol. The molecule has 1 saturated heterocycles. The van der Waals surface area contributed by atoms with Crippen molar-refractivity contribution in [2.45, 2.75) is 25.6 Å². The first-order chi connectivity index (χ1) is 15.3. The number of aromatic nitrogens is 2. The number of alkyl halides is 3. The molecule has 0 radical (unpaired) electrons. The van der Waals surface area contributed by atoms with Crippen molar-refractivity contribution in [3.8, 4) is 0 Å². The molecule has 0 N–H and O–H groups in total. The summed E-state index contributed by atoms with van der Waals surface area (Å²) in [6.07, 6.45) is 0.0155. The Kier molecular flexibility index (Phi) is 6.12. The van der Waals surface area contributed by atoms with Crippen LogP contribution in [0.2, 0.25) is 0 Å². The molecule has 1 fully saturated rings. The van der Waals surface area contributed by atoms with E-state index < -0.39 is 17.7 Å². The number of piperidine rings is 1. The van der Waals surface area contributed by atoms with Crippen molar-refractivity contribution in [3.05, 3.63) is 89.2 Å². The van der Waals surface area contributed by atoms with E-state index in [1.54, 1.807) is 15.8 Å². The minimum absolute atomic E-state index is 0.200. The second-order valence-corrected chi connectivity index (χ2v) is 7.94. The van der Waals surface area contributed by atoms with Crippen molar-refractivity contribution < 1.29 is 22.8 Å². The van der Waals surface area contributed by atoms with Gasteiger partial charge in [-0.2, -0.15) is 18.3 Å². The molecule has 0 saturated carbocycles. The SMILES string of the molecule is O=C(c1ccc(C(F)(F)F)cc1)C1CCCN(C(=O)c2cnn(Cc3ccccc3)c2)C1. The van der Waals surface area contributed by atoms with Gasteiger partial charge in [-0.1, -0.05) is 42.5 Å². The Labute approximate surface area is 183 Å². The van der Waals surface area contributed by atoms with Crippen LogP contribution >= 0.6 is 0 Å². The summed E-state index contributed by atoms with van der Waals surface area (Å²) in [5.41, 5.74) is 0.952. The van der Waals surface area contributed by atoms with Crippen LogP contribution in [-0.4, -0.2) is 39.5 Å². The maximum absolute atomic E-state index is 13.0. The number of benzene rings is 2. The zero-order valence-corrected chi connectivity index (χ0v) is 17.3. The van der Waals surface area contributed by atoms with Crippen LogP contribution in [0.3, 0.4) is 0 Å². The molecule has 0 spiro atoms. The molecule has 1 atom stereocenters. The largest absolute Gasteiger partial charge is 0.416 e. The zero-order chi connectivity index (χ0) is 22.7. The van der Waals surface area contributed by atoms with Crippen molar-refractivity contribution in [3.63, 3.8) is 0 Å². The van der Waals surface area contributed by atoms with Crippen LogP contribution in [-0.2, 0) is 12.7 Å². The number of rotatable bonds is 5. The number of carbonyl (C=O) groups excluding carboxylic acids is 2. The molecule has 5 nitrogen and oxygen atoms in total. The topological polar surface area (TPSA) is 55.2 Å². The van der Waals surface area contributed by atoms with E-state index in [0.29, 0.717) is 31.5 Å². The van der Waals surface area contributed by atoms with Gasteiger partial charge in [-0.3, -0.25) is 14.3 Å². The van der Waals surface area contributed by atoms with Crippen molar-refractivity contribution in [2.24, 2.45) is 5.92 Å². The maximum atomic E-state index is 13.0. The number of carbonyl (C=O) groups is 2. The number of hydrogen-bond acceptors (Lipinski definition) is 3. The Balaban J connectivity index is 1.41. The highest BCUT2D eigenvalue weighted by atomic mass is 19.4. The number of Topliss-reactive ketones (excluding diaryl/α,β-unsaturated/α-hetero) is 1. The van der Waals surface area contributed by atoms with E-state index in [2.05, 4.69) is 5.10 Å². The van der Waals surface area contributed by atoms with E-state index in [1.807, 2.05) is 30.3 Å². The summed E-state index contributed by atoms with van der Waals surface area (Å²) in [5, 5.41) is 4.27. The fourth-order valence-corrected chi connectivity index (χ4v) is 3.95. The van der Waals surface area contributed by atoms with E-state index in [1.165, 1.54) is 18.3 Å². The molecule has 0 aliphatic carbocycles. The van der Waals surface area contributed by atoms with Gasteiger partial charge in [-0.25, -0.2) is 0 Å². The molecule has 1 aliphatic rings. The summed E-state index contributed by atoms with van der Waals surface area (Å²) in [5.74, 6) is -0.881. The van der Waals surface area contributed by atoms with Crippen molar-refractivity contribution in [1.82, 2.24) is 14.7 Å². The highest BCUT2D eigenvalue weighted by Crippen LogP contribution is 2.30. The summed E-state index contributed by atoms with van der Waals surface area (Å²) in [7, 11) is 0. The molecule has 8 heteroatoms. The second kappa shape index (κ2) is 8.98. The van der Waals surface area contributed by atoms with Crippen molar-refractivity contribution in [1.29, 1.82) is 0 Å². The van der Waals surface area contributed by atoms with Gasteiger partial charge in [0.15, 0.2) is 5.78 Å². The fourth-order valence-electron chi connectivity index (χ4n) is 3.95. The quantitative estimate of drug-likeness (QED) is 0.540. The third-order valence-corrected chi connectivity index (χ3v) is 5.64. The third-order valence-electron chi connectivity index (χ3n) is 5.64. The first-order valence-electron chi connectivity index (χ1n) is 10.4. The zero-order valence-electron chi connectivity index (χ0n) is 17.3. The van der Waals surface area contributed by atoms with E-state index in [0.717, 1.165) is 17.7 Å². The summed E-state index contributed by atoms with van der Waals surface area (Å²) >= 11 is 0. The van der Waals surface area contributed by atoms with Crippen LogP contribution < -0.4 is 0 Å². The van der Waals surface area contributed by atoms with Gasteiger partial charge in [-0.05, 0) is 30.5 Å². The molecule has 166 valence electrons. The lowest BCUT2D eigenvalue weighted by molar-refractivity contribution is -0.137. The Morgan fingerprint density at radius 3 is 2.41 bits per heavy atom. The second-order valence-electron chi connectivity index (χ2n) is 7.94. The van der Waals surface area contributed by atoms with E-state index in [9.17, 15) is 22.8 Å². The van der Waals surface area contributed by atoms with Crippen molar-refractivity contribution in [2.75, 3.05) is 13.1 Å². The number of amides is 1. The van der Waals surface area contributed by atoms with Crippen LogP contribution in [0.1, 0.15) is 44.7 Å². The van der Waals surface area contributed by atoms with Gasteiger partial charge in [0.2, 0.25) is 0 Å². The average Bonchev–Trinajstić information content (AvgIpc) is 3.27. The minimum Gasteiger partial charge on any atom is -0.338 e. The Hall–Kier alpha value is -3.42. The maximum Gasteiger partial charge on any atom is 0.416 e. The molecule has 4 rings (SSSR count). The molecule has 0 bridgehead atoms. The summed E-state index contributed by atoms with van der Waals surface area (Å²) < 4.78 is 40.0. The third kappa shape index (κ3) is 4.90. The molecule has 1 amide bonds. The number of likely N-dealkylation sites (tertiary alicyclic amines) is 1. The van der Waals surface area contributed by atoms with Crippen LogP contribution in [0.5, 0.6) is 0 Å². The van der Waals surface area contributed by atoms with Gasteiger partial charge in [0.25, 0.3) is 5.91 Å². The highest BCUT2D eigenvalue weighted by molar-refractivity contribution is 5.99. The Morgan fingerprint density at radius 2 is 1.72 bits per heavy atom. The molecule has 1 unspecified atom stereocenters. The molecule has 2 aromatic carbocycles. The number of ketones is 1. The Morgan fingerprint density at radius 1 is 1.00 bits per heavy atom. The van der Waals surface area contributed by atoms with Crippen LogP contribution in [0.4, 0.5) is 13.2 Å². The first kappa shape index (κ1) is 21.8. The van der Waals surface area contributed by atoms with Gasteiger partial charge >= 0.3 is 6.18 Å². The van der Waals surface area contributed by atoms with Gasteiger partial charge in [0.05, 0.1) is 23.9 Å². The molecule has 1 aromatic heterocycles. The van der Waals surface area contributed by atoms with Crippen LogP contribution in [0, 0.1) is 5.92 Å². The number of nitrogens with zero attached hydrogens (tertiary/aromatic N) is 3. The molecule has 1 aliphatic heterocycles. The summed E-state index contributed by atoms with van der Waals surface area (Å²) in [4.78, 5) is 27.4. The number of hydrogen-bond donors (Lipinski definition) is 0. The number of halogens is 3. The average molecular weight is 441 g/mol. The standard InChI is InChI=1S/C24H22F3N3O2/c25-24(26,27)21-10-8-18(9-11-21)22(31)19-7-4-12-29(15-19)23(32)20-13-28-30(16-20)14-17-5-2-1-3-6-17/h1-3,5-6,8-11,13,16,19H,4,7,12,14-15H2. The first-order valence-corrected chi connectivity index (χ1v) is 10.4. The molecular weight excluding hydrogens is 419 g/mol. The molecule has 32 heavy (non-hydrogen) atoms. The van der Waals surface area contributed by atoms with Crippen LogP contribution in [0.25, 0.3) is 0 Å². The Bertz CT molecular complexity index is 1090. The van der Waals surface area contributed by atoms with Gasteiger partial charge < -0.3 is 4.90 Å². The lowest BCUT2D eigenvalue weighted by Crippen LogP contribution is -2.42. The smallest absolute Gasteiger partial charge is 0.338 e. The fraction of sp³-hybridized carbons (Fsp3) is 0.292. The van der Waals surface area contributed by atoms with Gasteiger partial charge in [0, 0.05) is 30.8 Å². The normalized spacial score (nSPS) is 16.7. The van der Waals surface area contributed by atoms with Gasteiger partial charge in [0.1, 0.15) is 0 Å². The van der Waals surface area contributed by atoms with Crippen LogP contribution in [0.15, 0.2) is 67.0 Å². The predicted octanol–water partition coefficient (Wildman–Crippen LogP) is 4.69. The highest BCUT2D eigenvalue weighted by Gasteiger charge is 2.32. The molecule has 2 heterocycles. The van der Waals surface area contributed by atoms with Gasteiger partial charge in [-0.15, -0.1) is 0 Å². The lowest BCUT2D eigenvalue weighted by Gasteiger charge is -2.31. The lowest BCUT2D eigenvalue weighted by atomic mass is 9.89. The minimum atomic E-state index is -4.44. The van der Waals surface area contributed by atoms with Crippen molar-refractivity contribution >= 4 is 11.7 Å². The summed E-state index contributed by atoms with van der Waals surface area (Å²) in [6, 6.07) is 14.0. The molecular formula is C24H22F3N3O2. The van der Waals surface area contributed by atoms with E-state index in [4.69, 9.17) is 0 Å². The van der Waals surface area contributed by atoms with E-state index >= 15 is 0 Å². The predicted molar refractivity (Wildman–Crippen MR) is 112 cm³/mol.